The number of H-pyrrole nitrogens is 1. The Morgan fingerprint density at radius 1 is 1.33 bits per heavy atom. The maximum atomic E-state index is 12.2. The van der Waals surface area contributed by atoms with E-state index in [1.54, 1.807) is 19.1 Å². The van der Waals surface area contributed by atoms with Gasteiger partial charge in [-0.2, -0.15) is 0 Å². The summed E-state index contributed by atoms with van der Waals surface area (Å²) in [5.41, 5.74) is 1.12. The number of fused-ring (bicyclic) bond motifs is 1. The maximum absolute atomic E-state index is 12.2. The number of hydrogen-bond acceptors (Lipinski definition) is 7. The molecule has 2 aromatic heterocycles. The van der Waals surface area contributed by atoms with E-state index in [1.165, 1.54) is 6.07 Å². The summed E-state index contributed by atoms with van der Waals surface area (Å²) in [6.07, 6.45) is 0. The molecular weight excluding hydrogens is 390 g/mol. The molecule has 3 aromatic rings. The van der Waals surface area contributed by atoms with Gasteiger partial charge in [0, 0.05) is 0 Å². The van der Waals surface area contributed by atoms with Gasteiger partial charge in [-0.25, -0.2) is 9.78 Å². The van der Waals surface area contributed by atoms with E-state index in [2.05, 4.69) is 15.3 Å². The van der Waals surface area contributed by atoms with E-state index in [-0.39, 0.29) is 32.8 Å². The molecule has 1 aromatic carbocycles. The number of amides is 1. The summed E-state index contributed by atoms with van der Waals surface area (Å²) in [6, 6.07) is 4.86. The molecule has 0 aliphatic carbocycles. The summed E-state index contributed by atoms with van der Waals surface area (Å²) in [5.74, 6) is -1.57. The number of phenols is 1. The van der Waals surface area contributed by atoms with E-state index in [1.807, 2.05) is 6.92 Å². The number of nitrogens with one attached hydrogen (secondary N) is 2. The number of thiophene rings is 1. The normalized spacial score (nSPS) is 10.9. The second-order valence-electron chi connectivity index (χ2n) is 5.77. The van der Waals surface area contributed by atoms with Gasteiger partial charge in [-0.05, 0) is 37.1 Å². The van der Waals surface area contributed by atoms with Crippen molar-refractivity contribution in [3.63, 3.8) is 0 Å². The van der Waals surface area contributed by atoms with Crippen LogP contribution in [0.4, 0.5) is 5.69 Å². The van der Waals surface area contributed by atoms with Crippen LogP contribution in [-0.4, -0.2) is 37.8 Å². The van der Waals surface area contributed by atoms with E-state index < -0.39 is 11.5 Å². The zero-order chi connectivity index (χ0) is 19.7. The number of carboxylic acids is 1. The quantitative estimate of drug-likeness (QED) is 0.291. The molecule has 0 aliphatic rings. The first-order valence-corrected chi connectivity index (χ1v) is 9.55. The van der Waals surface area contributed by atoms with Gasteiger partial charge in [-0.1, -0.05) is 17.8 Å². The fourth-order valence-electron chi connectivity index (χ4n) is 2.47. The third-order valence-corrected chi connectivity index (χ3v) is 5.79. The number of aromatic hydroxyl groups is 1. The van der Waals surface area contributed by atoms with Gasteiger partial charge >= 0.3 is 5.97 Å². The number of anilines is 1. The van der Waals surface area contributed by atoms with Crippen molar-refractivity contribution in [1.29, 1.82) is 0 Å². The SMILES string of the molecule is Cc1ccc(O)c(NC(=O)CSc2nc3sc(C(=O)O)c(C)c3c(=O)[nH]2)c1. The standard InChI is InChI=1S/C17H15N3O5S2/c1-7-3-4-10(21)9(5-7)18-11(22)6-26-17-19-14(23)12-8(2)13(16(24)25)27-15(12)20-17/h3-5,21H,6H2,1-2H3,(H,18,22)(H,24,25)(H,19,20,23). The van der Waals surface area contributed by atoms with Crippen LogP contribution in [0.2, 0.25) is 0 Å². The fraction of sp³-hybridized carbons (Fsp3) is 0.176. The summed E-state index contributed by atoms with van der Waals surface area (Å²) >= 11 is 1.93. The Labute approximate surface area is 161 Å². The summed E-state index contributed by atoms with van der Waals surface area (Å²) < 4.78 is 0. The molecule has 0 spiro atoms. The average Bonchev–Trinajstić information content (AvgIpc) is 2.94. The minimum atomic E-state index is -1.11. The zero-order valence-corrected chi connectivity index (χ0v) is 16.0. The van der Waals surface area contributed by atoms with Crippen LogP contribution >= 0.6 is 23.1 Å². The van der Waals surface area contributed by atoms with Crippen molar-refractivity contribution >= 4 is 50.9 Å². The molecule has 3 rings (SSSR count). The first kappa shape index (κ1) is 18.9. The van der Waals surface area contributed by atoms with E-state index in [4.69, 9.17) is 0 Å². The van der Waals surface area contributed by atoms with Crippen LogP contribution < -0.4 is 10.9 Å². The van der Waals surface area contributed by atoms with Gasteiger partial charge in [0.05, 0.1) is 16.8 Å². The first-order chi connectivity index (χ1) is 12.8. The van der Waals surface area contributed by atoms with Gasteiger partial charge in [-0.15, -0.1) is 11.3 Å². The van der Waals surface area contributed by atoms with Crippen molar-refractivity contribution in [1.82, 2.24) is 9.97 Å². The highest BCUT2D eigenvalue weighted by Crippen LogP contribution is 2.28. The first-order valence-electron chi connectivity index (χ1n) is 7.75. The van der Waals surface area contributed by atoms with Gasteiger partial charge in [-0.3, -0.25) is 9.59 Å². The molecule has 140 valence electrons. The Kier molecular flexibility index (Phi) is 5.19. The molecule has 0 unspecified atom stereocenters. The minimum Gasteiger partial charge on any atom is -0.506 e. The molecule has 0 saturated heterocycles. The molecular formula is C17H15N3O5S2. The number of hydrogen-bond donors (Lipinski definition) is 4. The number of rotatable bonds is 5. The average molecular weight is 405 g/mol. The topological polar surface area (TPSA) is 132 Å². The molecule has 8 nitrogen and oxygen atoms in total. The Morgan fingerprint density at radius 2 is 2.07 bits per heavy atom. The molecule has 2 heterocycles. The number of aromatic carboxylic acids is 1. The Morgan fingerprint density at radius 3 is 2.78 bits per heavy atom. The van der Waals surface area contributed by atoms with Crippen molar-refractivity contribution in [2.45, 2.75) is 19.0 Å². The second-order valence-corrected chi connectivity index (χ2v) is 7.73. The van der Waals surface area contributed by atoms with E-state index in [9.17, 15) is 24.6 Å². The summed E-state index contributed by atoms with van der Waals surface area (Å²) in [6.45, 7) is 3.40. The van der Waals surface area contributed by atoms with Crippen LogP contribution in [0.15, 0.2) is 28.2 Å². The van der Waals surface area contributed by atoms with Crippen LogP contribution in [0.3, 0.4) is 0 Å². The predicted molar refractivity (Wildman–Crippen MR) is 104 cm³/mol. The number of phenolic OH excluding ortho intramolecular Hbond substituents is 1. The molecule has 0 bridgehead atoms. The smallest absolute Gasteiger partial charge is 0.346 e. The Balaban J connectivity index is 1.77. The second kappa shape index (κ2) is 7.41. The highest BCUT2D eigenvalue weighted by molar-refractivity contribution is 7.99. The van der Waals surface area contributed by atoms with Crippen molar-refractivity contribution in [3.05, 3.63) is 44.6 Å². The third-order valence-electron chi connectivity index (χ3n) is 3.74. The fourth-order valence-corrected chi connectivity index (χ4v) is 4.21. The lowest BCUT2D eigenvalue weighted by Crippen LogP contribution is -2.15. The molecule has 0 atom stereocenters. The lowest BCUT2D eigenvalue weighted by Gasteiger charge is -2.08. The summed E-state index contributed by atoms with van der Waals surface area (Å²) in [5, 5.41) is 22.0. The number of carbonyl (C=O) groups is 2. The number of benzene rings is 1. The van der Waals surface area contributed by atoms with Crippen molar-refractivity contribution in [2.75, 3.05) is 11.1 Å². The number of carboxylic acid groups (broad SMARTS) is 1. The highest BCUT2D eigenvalue weighted by atomic mass is 32.2. The molecule has 0 radical (unpaired) electrons. The van der Waals surface area contributed by atoms with Crippen LogP contribution in [-0.2, 0) is 4.79 Å². The van der Waals surface area contributed by atoms with Crippen LogP contribution in [0.25, 0.3) is 10.2 Å². The monoisotopic (exact) mass is 405 g/mol. The van der Waals surface area contributed by atoms with Crippen molar-refractivity contribution < 1.29 is 19.8 Å². The molecule has 0 aliphatic heterocycles. The molecule has 0 saturated carbocycles. The van der Waals surface area contributed by atoms with E-state index >= 15 is 0 Å². The summed E-state index contributed by atoms with van der Waals surface area (Å²) in [4.78, 5) is 42.8. The van der Waals surface area contributed by atoms with Gasteiger partial charge in [0.2, 0.25) is 5.91 Å². The van der Waals surface area contributed by atoms with Crippen LogP contribution in [0, 0.1) is 13.8 Å². The lowest BCUT2D eigenvalue weighted by molar-refractivity contribution is -0.113. The number of nitrogens with zero attached hydrogens (tertiary/aromatic N) is 1. The Bertz CT molecular complexity index is 1120. The number of thioether (sulfide) groups is 1. The largest absolute Gasteiger partial charge is 0.506 e. The third kappa shape index (κ3) is 3.96. The van der Waals surface area contributed by atoms with Gasteiger partial charge in [0.1, 0.15) is 15.5 Å². The molecule has 0 fully saturated rings. The highest BCUT2D eigenvalue weighted by Gasteiger charge is 2.19. The van der Waals surface area contributed by atoms with Crippen LogP contribution in [0.5, 0.6) is 5.75 Å². The molecule has 4 N–H and O–H groups in total. The van der Waals surface area contributed by atoms with E-state index in [0.717, 1.165) is 28.7 Å². The predicted octanol–water partition coefficient (Wildman–Crippen LogP) is 2.74. The van der Waals surface area contributed by atoms with Crippen LogP contribution in [0.1, 0.15) is 20.8 Å². The minimum absolute atomic E-state index is 0.0397. The molecule has 10 heteroatoms. The van der Waals surface area contributed by atoms with Crippen molar-refractivity contribution in [2.24, 2.45) is 0 Å². The summed E-state index contributed by atoms with van der Waals surface area (Å²) in [7, 11) is 0. The number of carbonyl (C=O) groups excluding carboxylic acids is 1. The van der Waals surface area contributed by atoms with E-state index in [0.29, 0.717) is 16.1 Å². The lowest BCUT2D eigenvalue weighted by atomic mass is 10.2. The zero-order valence-electron chi connectivity index (χ0n) is 14.3. The van der Waals surface area contributed by atoms with Gasteiger partial charge in [0.15, 0.2) is 5.16 Å². The van der Waals surface area contributed by atoms with Crippen molar-refractivity contribution in [3.8, 4) is 5.75 Å². The molecule has 1 amide bonds. The number of aromatic amines is 1. The molecule has 27 heavy (non-hydrogen) atoms. The van der Waals surface area contributed by atoms with Gasteiger partial charge in [0.25, 0.3) is 5.56 Å². The Hall–Kier alpha value is -2.85. The number of aryl methyl sites for hydroxylation is 2. The number of aromatic nitrogens is 2. The van der Waals surface area contributed by atoms with Gasteiger partial charge < -0.3 is 20.5 Å². The maximum Gasteiger partial charge on any atom is 0.346 e.